The fourth-order valence-corrected chi connectivity index (χ4v) is 1.60. The van der Waals surface area contributed by atoms with E-state index in [0.29, 0.717) is 0 Å². The number of hydrogen-bond acceptors (Lipinski definition) is 1. The quantitative estimate of drug-likeness (QED) is 0.513. The van der Waals surface area contributed by atoms with Crippen molar-refractivity contribution in [3.63, 3.8) is 0 Å². The molecule has 0 bridgehead atoms. The summed E-state index contributed by atoms with van der Waals surface area (Å²) in [6.07, 6.45) is 4.43. The van der Waals surface area contributed by atoms with E-state index in [4.69, 9.17) is 0 Å². The molecule has 0 amide bonds. The Hall–Kier alpha value is -1.37. The molecule has 1 fully saturated rings. The molecule has 1 aliphatic carbocycles. The Balaban J connectivity index is 0.000000980. The number of rotatable bonds is 2. The Kier molecular flexibility index (Phi) is 3.63. The van der Waals surface area contributed by atoms with Gasteiger partial charge in [0, 0.05) is 5.57 Å². The number of benzene rings is 1. The number of carbonyl (C=O) groups is 1. The number of aldehydes is 1. The van der Waals surface area contributed by atoms with Crippen LogP contribution < -0.4 is 0 Å². The fourth-order valence-electron chi connectivity index (χ4n) is 1.60. The van der Waals surface area contributed by atoms with Crippen molar-refractivity contribution in [1.82, 2.24) is 0 Å². The van der Waals surface area contributed by atoms with Crippen molar-refractivity contribution in [3.05, 3.63) is 41.5 Å². The lowest BCUT2D eigenvalue weighted by Gasteiger charge is -2.19. The summed E-state index contributed by atoms with van der Waals surface area (Å²) in [6, 6.07) is 9.90. The average Bonchev–Trinajstić information content (AvgIpc) is 2.12. The molecular weight excluding hydrogens is 172 g/mol. The van der Waals surface area contributed by atoms with Crippen LogP contribution in [-0.2, 0) is 4.79 Å². The summed E-state index contributed by atoms with van der Waals surface area (Å²) in [5.74, 6) is 0. The smallest absolute Gasteiger partial charge is 0.150 e. The summed E-state index contributed by atoms with van der Waals surface area (Å²) in [6.45, 7) is 0. The van der Waals surface area contributed by atoms with Crippen LogP contribution in [0.4, 0.5) is 0 Å². The maximum absolute atomic E-state index is 10.9. The van der Waals surface area contributed by atoms with E-state index in [1.54, 1.807) is 0 Å². The lowest BCUT2D eigenvalue weighted by atomic mass is 9.86. The molecular formula is C13H16O. The van der Waals surface area contributed by atoms with E-state index in [2.05, 4.69) is 0 Å². The van der Waals surface area contributed by atoms with Gasteiger partial charge >= 0.3 is 0 Å². The molecule has 74 valence electrons. The van der Waals surface area contributed by atoms with Crippen molar-refractivity contribution in [3.8, 4) is 0 Å². The second-order valence-electron chi connectivity index (χ2n) is 3.35. The first kappa shape index (κ1) is 10.7. The van der Waals surface area contributed by atoms with Crippen molar-refractivity contribution in [2.45, 2.75) is 26.7 Å². The van der Waals surface area contributed by atoms with Crippen LogP contribution in [0.5, 0.6) is 0 Å². The van der Waals surface area contributed by atoms with Crippen molar-refractivity contribution in [2.24, 2.45) is 0 Å². The van der Waals surface area contributed by atoms with Gasteiger partial charge in [-0.15, -0.1) is 0 Å². The van der Waals surface area contributed by atoms with Crippen LogP contribution in [0, 0.1) is 0 Å². The Morgan fingerprint density at radius 3 is 2.21 bits per heavy atom. The largest absolute Gasteiger partial charge is 0.298 e. The maximum Gasteiger partial charge on any atom is 0.150 e. The number of hydrogen-bond donors (Lipinski definition) is 0. The molecule has 0 unspecified atom stereocenters. The van der Waals surface area contributed by atoms with Crippen LogP contribution >= 0.6 is 0 Å². The molecule has 0 spiro atoms. The molecule has 1 aromatic carbocycles. The number of carbonyl (C=O) groups excluding carboxylic acids is 1. The molecule has 2 rings (SSSR count). The fraction of sp³-hybridized carbons (Fsp3) is 0.308. The van der Waals surface area contributed by atoms with Gasteiger partial charge in [0.05, 0.1) is 0 Å². The summed E-state index contributed by atoms with van der Waals surface area (Å²) >= 11 is 0. The van der Waals surface area contributed by atoms with Crippen molar-refractivity contribution in [2.75, 3.05) is 0 Å². The second kappa shape index (κ2) is 4.75. The monoisotopic (exact) mass is 188 g/mol. The minimum atomic E-state index is 0. The topological polar surface area (TPSA) is 17.1 Å². The van der Waals surface area contributed by atoms with Crippen LogP contribution in [-0.4, -0.2) is 6.29 Å². The van der Waals surface area contributed by atoms with Crippen LogP contribution in [0.25, 0.3) is 5.57 Å². The van der Waals surface area contributed by atoms with E-state index in [9.17, 15) is 4.79 Å². The van der Waals surface area contributed by atoms with Crippen LogP contribution in [0.15, 0.2) is 35.9 Å². The Morgan fingerprint density at radius 1 is 1.14 bits per heavy atom. The van der Waals surface area contributed by atoms with Gasteiger partial charge in [-0.3, -0.25) is 4.79 Å². The van der Waals surface area contributed by atoms with E-state index in [1.807, 2.05) is 30.3 Å². The Bertz CT molecular complexity index is 330. The van der Waals surface area contributed by atoms with Gasteiger partial charge in [0.15, 0.2) is 6.29 Å². The highest BCUT2D eigenvalue weighted by Gasteiger charge is 2.14. The molecule has 14 heavy (non-hydrogen) atoms. The first-order chi connectivity index (χ1) is 6.42. The predicted molar refractivity (Wildman–Crippen MR) is 60.0 cm³/mol. The maximum atomic E-state index is 10.9. The third-order valence-corrected chi connectivity index (χ3v) is 2.54. The van der Waals surface area contributed by atoms with E-state index >= 15 is 0 Å². The Labute approximate surface area is 85.5 Å². The van der Waals surface area contributed by atoms with Crippen LogP contribution in [0.1, 0.15) is 32.3 Å². The van der Waals surface area contributed by atoms with Crippen LogP contribution in [0.3, 0.4) is 0 Å². The molecule has 1 aromatic rings. The molecule has 1 heteroatoms. The summed E-state index contributed by atoms with van der Waals surface area (Å²) in [4.78, 5) is 10.9. The molecule has 1 nitrogen and oxygen atoms in total. The highest BCUT2D eigenvalue weighted by Crippen LogP contribution is 2.32. The van der Waals surface area contributed by atoms with E-state index < -0.39 is 0 Å². The van der Waals surface area contributed by atoms with Gasteiger partial charge < -0.3 is 0 Å². The zero-order chi connectivity index (χ0) is 9.10. The lowest BCUT2D eigenvalue weighted by Crippen LogP contribution is -2.02. The molecule has 1 aliphatic rings. The first-order valence-corrected chi connectivity index (χ1v) is 4.64. The predicted octanol–water partition coefficient (Wildman–Crippen LogP) is 3.46. The van der Waals surface area contributed by atoms with Crippen molar-refractivity contribution < 1.29 is 4.79 Å². The van der Waals surface area contributed by atoms with Gasteiger partial charge in [-0.2, -0.15) is 0 Å². The average molecular weight is 188 g/mol. The number of allylic oxidation sites excluding steroid dienone is 2. The summed E-state index contributed by atoms with van der Waals surface area (Å²) in [7, 11) is 0. The van der Waals surface area contributed by atoms with E-state index in [1.165, 1.54) is 12.0 Å². The normalized spacial score (nSPS) is 13.9. The zero-order valence-corrected chi connectivity index (χ0v) is 7.49. The molecule has 0 saturated heterocycles. The molecule has 0 radical (unpaired) electrons. The van der Waals surface area contributed by atoms with Gasteiger partial charge in [0.1, 0.15) is 0 Å². The minimum Gasteiger partial charge on any atom is -0.298 e. The van der Waals surface area contributed by atoms with E-state index in [-0.39, 0.29) is 7.43 Å². The SMILES string of the molecule is C.O=CC(=C1CCC1)c1ccccc1. The third-order valence-electron chi connectivity index (χ3n) is 2.54. The molecule has 0 aliphatic heterocycles. The van der Waals surface area contributed by atoms with Crippen LogP contribution in [0.2, 0.25) is 0 Å². The van der Waals surface area contributed by atoms with E-state index in [0.717, 1.165) is 30.3 Å². The molecule has 0 aromatic heterocycles. The highest BCUT2D eigenvalue weighted by molar-refractivity contribution is 6.08. The van der Waals surface area contributed by atoms with Crippen molar-refractivity contribution >= 4 is 11.9 Å². The van der Waals surface area contributed by atoms with Gasteiger partial charge in [-0.05, 0) is 24.8 Å². The molecule has 1 saturated carbocycles. The molecule has 0 N–H and O–H groups in total. The Morgan fingerprint density at radius 2 is 1.79 bits per heavy atom. The summed E-state index contributed by atoms with van der Waals surface area (Å²) in [5.41, 5.74) is 3.29. The third kappa shape index (κ3) is 1.92. The lowest BCUT2D eigenvalue weighted by molar-refractivity contribution is -0.103. The van der Waals surface area contributed by atoms with Gasteiger partial charge in [-0.1, -0.05) is 43.3 Å². The zero-order valence-electron chi connectivity index (χ0n) is 7.49. The van der Waals surface area contributed by atoms with Crippen molar-refractivity contribution in [1.29, 1.82) is 0 Å². The van der Waals surface area contributed by atoms with Gasteiger partial charge in [-0.25, -0.2) is 0 Å². The highest BCUT2D eigenvalue weighted by atomic mass is 16.1. The minimum absolute atomic E-state index is 0. The van der Waals surface area contributed by atoms with Gasteiger partial charge in [0.2, 0.25) is 0 Å². The standard InChI is InChI=1S/C12H12O.CH4/c13-9-12(11-7-4-8-11)10-5-2-1-3-6-10;/h1-3,5-6,9H,4,7-8H2;1H4. The van der Waals surface area contributed by atoms with Gasteiger partial charge in [0.25, 0.3) is 0 Å². The molecule has 0 heterocycles. The summed E-state index contributed by atoms with van der Waals surface area (Å²) < 4.78 is 0. The second-order valence-corrected chi connectivity index (χ2v) is 3.35. The first-order valence-electron chi connectivity index (χ1n) is 4.64. The summed E-state index contributed by atoms with van der Waals surface area (Å²) in [5, 5.41) is 0. The molecule has 0 atom stereocenters.